The molecule has 3 amide bonds. The summed E-state index contributed by atoms with van der Waals surface area (Å²) in [5, 5.41) is 6.50. The highest BCUT2D eigenvalue weighted by molar-refractivity contribution is 6.30. The second-order valence-electron chi connectivity index (χ2n) is 3.71. The first-order chi connectivity index (χ1) is 9.26. The number of urea groups is 1. The lowest BCUT2D eigenvalue weighted by Gasteiger charge is -2.10. The molecule has 1 aromatic rings. The summed E-state index contributed by atoms with van der Waals surface area (Å²) in [5.74, 6) is -0.575. The van der Waals surface area contributed by atoms with E-state index in [4.69, 9.17) is 11.6 Å². The second-order valence-corrected chi connectivity index (χ2v) is 4.14. The van der Waals surface area contributed by atoms with Crippen molar-refractivity contribution in [3.63, 3.8) is 0 Å². The molecule has 9 heteroatoms. The summed E-state index contributed by atoms with van der Waals surface area (Å²) in [6.07, 6.45) is -4.50. The van der Waals surface area contributed by atoms with Gasteiger partial charge in [-0.15, -0.1) is 0 Å². The maximum absolute atomic E-state index is 11.8. The third-order valence-electron chi connectivity index (χ3n) is 1.99. The number of anilines is 1. The Morgan fingerprint density at radius 3 is 2.25 bits per heavy atom. The minimum absolute atomic E-state index is 0.452. The van der Waals surface area contributed by atoms with E-state index in [2.05, 4.69) is 5.32 Å². The first-order valence-electron chi connectivity index (χ1n) is 5.40. The van der Waals surface area contributed by atoms with Crippen molar-refractivity contribution in [2.24, 2.45) is 0 Å². The molecule has 1 aromatic carbocycles. The molecule has 5 nitrogen and oxygen atoms in total. The van der Waals surface area contributed by atoms with Crippen LogP contribution in [0.25, 0.3) is 0 Å². The number of nitrogens with one attached hydrogen (secondary N) is 3. The van der Waals surface area contributed by atoms with E-state index in [1.54, 1.807) is 29.6 Å². The zero-order valence-electron chi connectivity index (χ0n) is 10.1. The molecule has 1 rings (SSSR count). The molecular weight excluding hydrogens is 299 g/mol. The van der Waals surface area contributed by atoms with E-state index in [1.807, 2.05) is 5.32 Å². The first kappa shape index (κ1) is 16.1. The predicted octanol–water partition coefficient (Wildman–Crippen LogP) is 2.14. The zero-order valence-corrected chi connectivity index (χ0v) is 10.8. The lowest BCUT2D eigenvalue weighted by atomic mass is 10.3. The molecule has 0 radical (unpaired) electrons. The summed E-state index contributed by atoms with van der Waals surface area (Å²) >= 11 is 5.65. The largest absolute Gasteiger partial charge is 0.405 e. The van der Waals surface area contributed by atoms with Crippen LogP contribution in [0.1, 0.15) is 0 Å². The van der Waals surface area contributed by atoms with Gasteiger partial charge in [-0.2, -0.15) is 13.2 Å². The van der Waals surface area contributed by atoms with Gasteiger partial charge in [0.15, 0.2) is 0 Å². The average molecular weight is 310 g/mol. The summed E-state index contributed by atoms with van der Waals surface area (Å²) in [6.45, 7) is -1.91. The number of carbonyl (C=O) groups is 2. The van der Waals surface area contributed by atoms with Crippen LogP contribution < -0.4 is 16.0 Å². The van der Waals surface area contributed by atoms with Gasteiger partial charge in [-0.25, -0.2) is 4.79 Å². The van der Waals surface area contributed by atoms with Gasteiger partial charge in [0.2, 0.25) is 5.91 Å². The van der Waals surface area contributed by atoms with Gasteiger partial charge in [-0.1, -0.05) is 11.6 Å². The van der Waals surface area contributed by atoms with Crippen molar-refractivity contribution in [2.45, 2.75) is 6.18 Å². The number of alkyl halides is 3. The molecule has 0 aliphatic rings. The summed E-state index contributed by atoms with van der Waals surface area (Å²) in [7, 11) is 0. The van der Waals surface area contributed by atoms with Crippen molar-refractivity contribution in [1.29, 1.82) is 0 Å². The van der Waals surface area contributed by atoms with E-state index in [0.717, 1.165) is 0 Å². The van der Waals surface area contributed by atoms with Gasteiger partial charge in [0, 0.05) is 10.7 Å². The highest BCUT2D eigenvalue weighted by atomic mass is 35.5. The van der Waals surface area contributed by atoms with Crippen molar-refractivity contribution in [3.8, 4) is 0 Å². The lowest BCUT2D eigenvalue weighted by molar-refractivity contribution is -0.122. The van der Waals surface area contributed by atoms with Crippen LogP contribution in [-0.4, -0.2) is 31.2 Å². The minimum Gasteiger partial charge on any atom is -0.329 e. The molecule has 0 aromatic heterocycles. The molecular formula is C11H11ClF3N3O2. The predicted molar refractivity (Wildman–Crippen MR) is 67.5 cm³/mol. The van der Waals surface area contributed by atoms with E-state index >= 15 is 0 Å². The van der Waals surface area contributed by atoms with Gasteiger partial charge in [0.25, 0.3) is 0 Å². The van der Waals surface area contributed by atoms with Gasteiger partial charge < -0.3 is 16.0 Å². The Morgan fingerprint density at radius 2 is 1.70 bits per heavy atom. The van der Waals surface area contributed by atoms with Gasteiger partial charge in [0.1, 0.15) is 6.54 Å². The molecule has 0 saturated carbocycles. The molecule has 0 atom stereocenters. The topological polar surface area (TPSA) is 70.2 Å². The van der Waals surface area contributed by atoms with Gasteiger partial charge in [0.05, 0.1) is 6.54 Å². The molecule has 0 aliphatic heterocycles. The molecule has 0 unspecified atom stereocenters. The summed E-state index contributed by atoms with van der Waals surface area (Å²) in [4.78, 5) is 22.4. The third-order valence-corrected chi connectivity index (χ3v) is 2.24. The number of hydrogen-bond donors (Lipinski definition) is 3. The van der Waals surface area contributed by atoms with Crippen molar-refractivity contribution in [1.82, 2.24) is 10.6 Å². The normalized spacial score (nSPS) is 10.8. The van der Waals surface area contributed by atoms with E-state index < -0.39 is 31.2 Å². The van der Waals surface area contributed by atoms with Gasteiger partial charge in [-0.3, -0.25) is 4.79 Å². The van der Waals surface area contributed by atoms with E-state index in [1.165, 1.54) is 0 Å². The number of halogens is 4. The maximum Gasteiger partial charge on any atom is 0.405 e. The van der Waals surface area contributed by atoms with E-state index in [9.17, 15) is 22.8 Å². The summed E-state index contributed by atoms with van der Waals surface area (Å²) < 4.78 is 35.4. The quantitative estimate of drug-likeness (QED) is 0.797. The fourth-order valence-electron chi connectivity index (χ4n) is 1.14. The Balaban J connectivity index is 2.29. The van der Waals surface area contributed by atoms with Crippen LogP contribution >= 0.6 is 11.6 Å². The Kier molecular flexibility index (Phi) is 5.63. The standard InChI is InChI=1S/C11H11ClF3N3O2/c12-7-1-3-8(4-2-7)18-9(19)5-16-10(20)17-6-11(13,14)15/h1-4H,5-6H2,(H,18,19)(H2,16,17,20). The summed E-state index contributed by atoms with van der Waals surface area (Å²) in [6, 6.07) is 5.13. The van der Waals surface area contributed by atoms with Crippen LogP contribution in [0, 0.1) is 0 Å². The van der Waals surface area contributed by atoms with Crippen LogP contribution in [-0.2, 0) is 4.79 Å². The summed E-state index contributed by atoms with van der Waals surface area (Å²) in [5.41, 5.74) is 0.455. The smallest absolute Gasteiger partial charge is 0.329 e. The molecule has 0 bridgehead atoms. The second kappa shape index (κ2) is 6.99. The molecule has 20 heavy (non-hydrogen) atoms. The Bertz CT molecular complexity index is 477. The first-order valence-corrected chi connectivity index (χ1v) is 5.78. The highest BCUT2D eigenvalue weighted by Gasteiger charge is 2.27. The zero-order chi connectivity index (χ0) is 15.2. The minimum atomic E-state index is -4.50. The van der Waals surface area contributed by atoms with Gasteiger partial charge >= 0.3 is 12.2 Å². The monoisotopic (exact) mass is 309 g/mol. The molecule has 0 heterocycles. The van der Waals surface area contributed by atoms with Crippen LogP contribution in [0.15, 0.2) is 24.3 Å². The van der Waals surface area contributed by atoms with Crippen molar-refractivity contribution in [3.05, 3.63) is 29.3 Å². The SMILES string of the molecule is O=C(CNC(=O)NCC(F)(F)F)Nc1ccc(Cl)cc1. The lowest BCUT2D eigenvalue weighted by Crippen LogP contribution is -2.43. The Labute approximate surface area is 117 Å². The highest BCUT2D eigenvalue weighted by Crippen LogP contribution is 2.13. The molecule has 3 N–H and O–H groups in total. The molecule has 0 aliphatic carbocycles. The number of benzene rings is 1. The van der Waals surface area contributed by atoms with E-state index in [-0.39, 0.29) is 0 Å². The average Bonchev–Trinajstić information content (AvgIpc) is 2.36. The number of carbonyl (C=O) groups excluding carboxylic acids is 2. The Morgan fingerprint density at radius 1 is 1.10 bits per heavy atom. The van der Waals surface area contributed by atoms with Crippen LogP contribution in [0.3, 0.4) is 0 Å². The van der Waals surface area contributed by atoms with Crippen LogP contribution in [0.4, 0.5) is 23.7 Å². The molecule has 0 spiro atoms. The fourth-order valence-corrected chi connectivity index (χ4v) is 1.27. The van der Waals surface area contributed by atoms with Crippen LogP contribution in [0.2, 0.25) is 5.02 Å². The maximum atomic E-state index is 11.8. The van der Waals surface area contributed by atoms with Crippen LogP contribution in [0.5, 0.6) is 0 Å². The third kappa shape index (κ3) is 6.83. The Hall–Kier alpha value is -1.96. The van der Waals surface area contributed by atoms with Gasteiger partial charge in [-0.05, 0) is 24.3 Å². The van der Waals surface area contributed by atoms with Crippen molar-refractivity contribution >= 4 is 29.2 Å². The van der Waals surface area contributed by atoms with E-state index in [0.29, 0.717) is 10.7 Å². The number of hydrogen-bond acceptors (Lipinski definition) is 2. The van der Waals surface area contributed by atoms with Crippen molar-refractivity contribution < 1.29 is 22.8 Å². The fraction of sp³-hybridized carbons (Fsp3) is 0.273. The molecule has 0 saturated heterocycles. The van der Waals surface area contributed by atoms with Crippen molar-refractivity contribution in [2.75, 3.05) is 18.4 Å². The number of amides is 3. The number of rotatable bonds is 4. The molecule has 110 valence electrons. The molecule has 0 fully saturated rings.